The normalized spacial score (nSPS) is 13.4. The van der Waals surface area contributed by atoms with E-state index in [0.717, 1.165) is 6.42 Å². The topological polar surface area (TPSA) is 148 Å². The van der Waals surface area contributed by atoms with Crippen molar-refractivity contribution >= 4 is 35.5 Å². The van der Waals surface area contributed by atoms with Gasteiger partial charge in [0.05, 0.1) is 12.9 Å². The fraction of sp³-hybridized carbons (Fsp3) is 0.571. The minimum absolute atomic E-state index is 0. The third-order valence-electron chi connectivity index (χ3n) is 3.81. The molecule has 2 aromatic rings. The van der Waals surface area contributed by atoms with E-state index in [1.165, 1.54) is 6.33 Å². The molecule has 25 heavy (non-hydrogen) atoms. The second-order valence-corrected chi connectivity index (χ2v) is 5.53. The monoisotopic (exact) mass is 374 g/mol. The zero-order valence-electron chi connectivity index (χ0n) is 14.1. The van der Waals surface area contributed by atoms with Gasteiger partial charge in [0.1, 0.15) is 12.8 Å². The summed E-state index contributed by atoms with van der Waals surface area (Å²) in [5, 5.41) is 12.1. The number of hydrogen-bond acceptors (Lipinski definition) is 7. The van der Waals surface area contributed by atoms with E-state index in [-0.39, 0.29) is 36.5 Å². The molecular weight excluding hydrogens is 352 g/mol. The van der Waals surface area contributed by atoms with Crippen LogP contribution in [0.15, 0.2) is 11.1 Å². The number of aromatic amines is 1. The zero-order valence-corrected chi connectivity index (χ0v) is 14.9. The lowest BCUT2D eigenvalue weighted by atomic mass is 9.99. The first-order valence-corrected chi connectivity index (χ1v) is 7.68. The number of fused-ring (bicyclic) bond motifs is 1. The van der Waals surface area contributed by atoms with E-state index < -0.39 is 17.6 Å². The molecule has 0 fully saturated rings. The predicted molar refractivity (Wildman–Crippen MR) is 94.6 cm³/mol. The third-order valence-corrected chi connectivity index (χ3v) is 3.81. The predicted octanol–water partition coefficient (Wildman–Crippen LogP) is 0.187. The molecule has 0 aliphatic heterocycles. The van der Waals surface area contributed by atoms with E-state index in [1.807, 2.05) is 13.8 Å². The van der Waals surface area contributed by atoms with Crippen LogP contribution in [0.2, 0.25) is 0 Å². The molecular formula is C14H23ClN6O4. The number of imidazole rings is 1. The number of ether oxygens (including phenoxy) is 1. The average molecular weight is 375 g/mol. The number of nitrogen functional groups attached to an aromatic ring is 1. The summed E-state index contributed by atoms with van der Waals surface area (Å²) in [6.07, 6.45) is 2.21. The molecule has 140 valence electrons. The molecule has 0 radical (unpaired) electrons. The van der Waals surface area contributed by atoms with Gasteiger partial charge in [-0.25, -0.2) is 4.98 Å². The lowest BCUT2D eigenvalue weighted by molar-refractivity contribution is -0.140. The smallest absolute Gasteiger partial charge is 0.320 e. The van der Waals surface area contributed by atoms with Crippen molar-refractivity contribution in [2.45, 2.75) is 33.0 Å². The first kappa shape index (κ1) is 20.9. The fourth-order valence-corrected chi connectivity index (χ4v) is 2.28. The fourth-order valence-electron chi connectivity index (χ4n) is 2.28. The Labute approximate surface area is 150 Å². The van der Waals surface area contributed by atoms with E-state index in [2.05, 4.69) is 20.3 Å². The Hall–Kier alpha value is -2.17. The molecule has 0 spiro atoms. The summed E-state index contributed by atoms with van der Waals surface area (Å²) in [6.45, 7) is 4.67. The SMILES string of the molecule is CCC(C)[C@H](NCCOCn1cnc2c(=O)[nH]c(N)nc21)C(=O)O.Cl. The van der Waals surface area contributed by atoms with Crippen LogP contribution in [-0.4, -0.2) is 49.8 Å². The van der Waals surface area contributed by atoms with E-state index in [4.69, 9.17) is 10.5 Å². The van der Waals surface area contributed by atoms with Gasteiger partial charge in [0.15, 0.2) is 11.2 Å². The maximum Gasteiger partial charge on any atom is 0.320 e. The highest BCUT2D eigenvalue weighted by molar-refractivity contribution is 5.85. The minimum Gasteiger partial charge on any atom is -0.480 e. The summed E-state index contributed by atoms with van der Waals surface area (Å²) in [7, 11) is 0. The lowest BCUT2D eigenvalue weighted by Gasteiger charge is -2.20. The number of anilines is 1. The van der Waals surface area contributed by atoms with E-state index in [1.54, 1.807) is 4.57 Å². The number of hydrogen-bond donors (Lipinski definition) is 4. The molecule has 5 N–H and O–H groups in total. The van der Waals surface area contributed by atoms with Gasteiger partial charge in [-0.1, -0.05) is 20.3 Å². The van der Waals surface area contributed by atoms with Gasteiger partial charge in [-0.05, 0) is 5.92 Å². The Balaban J connectivity index is 0.00000312. The molecule has 0 aliphatic carbocycles. The zero-order chi connectivity index (χ0) is 17.7. The molecule has 0 amide bonds. The Morgan fingerprint density at radius 1 is 1.56 bits per heavy atom. The van der Waals surface area contributed by atoms with E-state index in [9.17, 15) is 14.7 Å². The van der Waals surface area contributed by atoms with Gasteiger partial charge >= 0.3 is 5.97 Å². The molecule has 10 nitrogen and oxygen atoms in total. The van der Waals surface area contributed by atoms with Crippen molar-refractivity contribution in [3.63, 3.8) is 0 Å². The van der Waals surface area contributed by atoms with Crippen LogP contribution in [-0.2, 0) is 16.3 Å². The molecule has 2 rings (SSSR count). The number of aromatic nitrogens is 4. The summed E-state index contributed by atoms with van der Waals surface area (Å²) in [5.41, 5.74) is 5.64. The maximum absolute atomic E-state index is 11.7. The largest absolute Gasteiger partial charge is 0.480 e. The highest BCUT2D eigenvalue weighted by Crippen LogP contribution is 2.08. The van der Waals surface area contributed by atoms with Crippen LogP contribution >= 0.6 is 12.4 Å². The van der Waals surface area contributed by atoms with Crippen molar-refractivity contribution in [3.05, 3.63) is 16.7 Å². The van der Waals surface area contributed by atoms with Gasteiger partial charge < -0.3 is 20.9 Å². The van der Waals surface area contributed by atoms with E-state index in [0.29, 0.717) is 18.8 Å². The summed E-state index contributed by atoms with van der Waals surface area (Å²) < 4.78 is 7.04. The van der Waals surface area contributed by atoms with Gasteiger partial charge in [-0.15, -0.1) is 12.4 Å². The standard InChI is InChI=1S/C14H22N6O4.ClH/c1-3-8(2)9(13(22)23)16-4-5-24-7-20-6-17-10-11(20)18-14(15)19-12(10)21;/h6,8-9,16H,3-5,7H2,1-2H3,(H,22,23)(H3,15,18,19,21);1H/t8?,9-;/m0./s1. The molecule has 0 bridgehead atoms. The Bertz CT molecular complexity index is 761. The first-order valence-electron chi connectivity index (χ1n) is 7.68. The van der Waals surface area contributed by atoms with Crippen molar-refractivity contribution < 1.29 is 14.6 Å². The lowest BCUT2D eigenvalue weighted by Crippen LogP contribution is -2.43. The number of nitrogens with zero attached hydrogens (tertiary/aromatic N) is 3. The number of carbonyl (C=O) groups is 1. The van der Waals surface area contributed by atoms with Crippen molar-refractivity contribution in [2.75, 3.05) is 18.9 Å². The highest BCUT2D eigenvalue weighted by atomic mass is 35.5. The van der Waals surface area contributed by atoms with Gasteiger partial charge in [0, 0.05) is 6.54 Å². The number of carboxylic acid groups (broad SMARTS) is 1. The highest BCUT2D eigenvalue weighted by Gasteiger charge is 2.22. The first-order chi connectivity index (χ1) is 11.4. The summed E-state index contributed by atoms with van der Waals surface area (Å²) in [5.74, 6) is -0.836. The molecule has 0 aliphatic rings. The molecule has 0 aromatic carbocycles. The summed E-state index contributed by atoms with van der Waals surface area (Å²) in [6, 6.07) is -0.604. The van der Waals surface area contributed by atoms with Crippen molar-refractivity contribution in [1.29, 1.82) is 0 Å². The number of aliphatic carboxylic acids is 1. The molecule has 2 aromatic heterocycles. The van der Waals surface area contributed by atoms with Crippen molar-refractivity contribution in [3.8, 4) is 0 Å². The van der Waals surface area contributed by atoms with E-state index >= 15 is 0 Å². The van der Waals surface area contributed by atoms with Gasteiger partial charge in [-0.3, -0.25) is 19.1 Å². The van der Waals surface area contributed by atoms with Crippen molar-refractivity contribution in [1.82, 2.24) is 24.8 Å². The maximum atomic E-state index is 11.7. The average Bonchev–Trinajstić information content (AvgIpc) is 2.93. The van der Waals surface area contributed by atoms with Crippen LogP contribution in [0.4, 0.5) is 5.95 Å². The number of nitrogens with one attached hydrogen (secondary N) is 2. The van der Waals surface area contributed by atoms with Crippen LogP contribution in [0.5, 0.6) is 0 Å². The van der Waals surface area contributed by atoms with Gasteiger partial charge in [0.25, 0.3) is 5.56 Å². The Morgan fingerprint density at radius 2 is 2.28 bits per heavy atom. The van der Waals surface area contributed by atoms with Crippen LogP contribution in [0, 0.1) is 5.92 Å². The number of carboxylic acids is 1. The number of H-pyrrole nitrogens is 1. The Morgan fingerprint density at radius 3 is 2.92 bits per heavy atom. The molecule has 0 saturated heterocycles. The van der Waals surface area contributed by atoms with Crippen molar-refractivity contribution in [2.24, 2.45) is 5.92 Å². The molecule has 2 atom stereocenters. The molecule has 2 heterocycles. The number of rotatable bonds is 9. The molecule has 1 unspecified atom stereocenters. The quantitative estimate of drug-likeness (QED) is 0.454. The molecule has 11 heteroatoms. The second-order valence-electron chi connectivity index (χ2n) is 5.53. The Kier molecular flexibility index (Phi) is 7.81. The second kappa shape index (κ2) is 9.35. The van der Waals surface area contributed by atoms with Crippen LogP contribution in [0.25, 0.3) is 11.2 Å². The minimum atomic E-state index is -0.871. The number of halogens is 1. The van der Waals surface area contributed by atoms with Gasteiger partial charge in [-0.2, -0.15) is 4.98 Å². The van der Waals surface area contributed by atoms with Crippen LogP contribution < -0.4 is 16.6 Å². The van der Waals surface area contributed by atoms with Crippen LogP contribution in [0.1, 0.15) is 20.3 Å². The summed E-state index contributed by atoms with van der Waals surface area (Å²) >= 11 is 0. The molecule has 0 saturated carbocycles. The summed E-state index contributed by atoms with van der Waals surface area (Å²) in [4.78, 5) is 33.2. The third kappa shape index (κ3) is 5.15. The van der Waals surface area contributed by atoms with Gasteiger partial charge in [0.2, 0.25) is 5.95 Å². The van der Waals surface area contributed by atoms with Crippen LogP contribution in [0.3, 0.4) is 0 Å². The number of nitrogens with two attached hydrogens (primary N) is 1.